The smallest absolute Gasteiger partial charge is 0.416 e. The van der Waals surface area contributed by atoms with E-state index in [9.17, 15) is 31.5 Å². The predicted molar refractivity (Wildman–Crippen MR) is 151 cm³/mol. The van der Waals surface area contributed by atoms with Gasteiger partial charge in [-0.15, -0.1) is 0 Å². The van der Waals surface area contributed by atoms with Crippen LogP contribution in [0.3, 0.4) is 0 Å². The van der Waals surface area contributed by atoms with E-state index < -0.39 is 27.5 Å². The molecular weight excluding hydrogens is 575 g/mol. The zero-order valence-electron chi connectivity index (χ0n) is 23.4. The van der Waals surface area contributed by atoms with Gasteiger partial charge in [-0.3, -0.25) is 9.80 Å². The highest BCUT2D eigenvalue weighted by molar-refractivity contribution is 7.90. The number of likely N-dealkylation sites (tertiary alicyclic amines) is 1. The molecule has 9 nitrogen and oxygen atoms in total. The van der Waals surface area contributed by atoms with Crippen LogP contribution in [0.1, 0.15) is 34.3 Å². The molecule has 2 aliphatic rings. The van der Waals surface area contributed by atoms with Gasteiger partial charge in [0, 0.05) is 55.6 Å². The largest absolute Gasteiger partial charge is 0.478 e. The summed E-state index contributed by atoms with van der Waals surface area (Å²) in [5.41, 5.74) is -0.295. The Kier molecular flexibility index (Phi) is 9.88. The number of benzene rings is 2. The van der Waals surface area contributed by atoms with E-state index in [0.29, 0.717) is 32.3 Å². The second-order valence-corrected chi connectivity index (χ2v) is 12.3. The molecule has 2 N–H and O–H groups in total. The summed E-state index contributed by atoms with van der Waals surface area (Å²) in [5, 5.41) is 17.5. The van der Waals surface area contributed by atoms with Crippen molar-refractivity contribution in [3.05, 3.63) is 59.2 Å². The van der Waals surface area contributed by atoms with Crippen molar-refractivity contribution in [2.75, 3.05) is 52.8 Å². The lowest BCUT2D eigenvalue weighted by Crippen LogP contribution is -2.48. The highest BCUT2D eigenvalue weighted by atomic mass is 32.2. The maximum absolute atomic E-state index is 13.6. The highest BCUT2D eigenvalue weighted by Gasteiger charge is 2.32. The number of halogens is 3. The summed E-state index contributed by atoms with van der Waals surface area (Å²) < 4.78 is 70.7. The summed E-state index contributed by atoms with van der Waals surface area (Å²) in [6.07, 6.45) is -1.84. The summed E-state index contributed by atoms with van der Waals surface area (Å²) in [4.78, 5) is 21.8. The van der Waals surface area contributed by atoms with Gasteiger partial charge in [0.05, 0.1) is 40.4 Å². The number of nitrogens with zero attached hydrogens (tertiary/aromatic N) is 3. The molecular formula is C29H34F3N3O6S. The molecule has 1 aromatic heterocycles. The molecule has 228 valence electrons. The monoisotopic (exact) mass is 609 g/mol. The molecule has 0 radical (unpaired) electrons. The average Bonchev–Trinajstić information content (AvgIpc) is 2.97. The lowest BCUT2D eigenvalue weighted by molar-refractivity contribution is -0.137. The first kappa shape index (κ1) is 31.8. The van der Waals surface area contributed by atoms with Crippen molar-refractivity contribution < 1.29 is 41.3 Å². The number of aromatic carboxylic acids is 1. The molecule has 2 fully saturated rings. The first-order chi connectivity index (χ1) is 19.9. The number of aliphatic hydroxyl groups is 1. The molecule has 2 aromatic carbocycles. The number of ether oxygens (including phenoxy) is 1. The van der Waals surface area contributed by atoms with Crippen molar-refractivity contribution in [3.63, 3.8) is 0 Å². The van der Waals surface area contributed by atoms with Gasteiger partial charge in [0.25, 0.3) is 0 Å². The second kappa shape index (κ2) is 13.0. The van der Waals surface area contributed by atoms with Crippen LogP contribution in [0.5, 0.6) is 0 Å². The van der Waals surface area contributed by atoms with Crippen molar-refractivity contribution >= 4 is 26.7 Å². The van der Waals surface area contributed by atoms with E-state index in [-0.39, 0.29) is 44.7 Å². The minimum atomic E-state index is -4.59. The summed E-state index contributed by atoms with van der Waals surface area (Å²) in [5.74, 6) is -1.30. The van der Waals surface area contributed by atoms with E-state index in [0.717, 1.165) is 51.4 Å². The number of carboxylic acid groups (broad SMARTS) is 1. The minimum absolute atomic E-state index is 0.0617. The molecule has 2 aliphatic heterocycles. The lowest BCUT2D eigenvalue weighted by atomic mass is 9.94. The molecule has 0 spiro atoms. The Labute approximate surface area is 242 Å². The van der Waals surface area contributed by atoms with Gasteiger partial charge >= 0.3 is 12.1 Å². The topological polar surface area (TPSA) is 120 Å². The molecule has 0 bridgehead atoms. The van der Waals surface area contributed by atoms with Crippen molar-refractivity contribution in [1.29, 1.82) is 0 Å². The Morgan fingerprint density at radius 3 is 2.31 bits per heavy atom. The molecule has 0 amide bonds. The lowest BCUT2D eigenvalue weighted by Gasteiger charge is -2.40. The molecule has 42 heavy (non-hydrogen) atoms. The number of fused-ring (bicyclic) bond motifs is 1. The molecule has 3 aromatic rings. The number of aliphatic hydroxyl groups excluding tert-OH is 1. The van der Waals surface area contributed by atoms with Gasteiger partial charge in [-0.2, -0.15) is 13.2 Å². The minimum Gasteiger partial charge on any atom is -0.478 e. The maximum Gasteiger partial charge on any atom is 0.416 e. The normalized spacial score (nSPS) is 17.6. The van der Waals surface area contributed by atoms with Gasteiger partial charge in [0.2, 0.25) is 0 Å². The van der Waals surface area contributed by atoms with Gasteiger partial charge in [0.15, 0.2) is 9.84 Å². The van der Waals surface area contributed by atoms with Crippen LogP contribution in [0.2, 0.25) is 0 Å². The van der Waals surface area contributed by atoms with Crippen LogP contribution >= 0.6 is 0 Å². The number of rotatable bonds is 6. The Morgan fingerprint density at radius 2 is 1.71 bits per heavy atom. The van der Waals surface area contributed by atoms with E-state index in [1.165, 1.54) is 30.3 Å². The number of morpholine rings is 1. The van der Waals surface area contributed by atoms with Gasteiger partial charge < -0.3 is 14.9 Å². The number of carboxylic acids is 1. The second-order valence-electron chi connectivity index (χ2n) is 10.3. The number of pyridine rings is 1. The SMILES string of the molecule is CO.CS(=O)(=O)c1ccc2nc(-c3cccc(C(F)(F)F)c3)c(CN3CCC(N4CCOCC4)CC3)c(C(=O)O)c2c1. The van der Waals surface area contributed by atoms with Crippen LogP contribution in [0, 0.1) is 0 Å². The third-order valence-corrected chi connectivity index (χ3v) is 8.77. The standard InChI is InChI=1S/C28H30F3N3O5S.CH4O/c1-40(37,38)21-5-6-24-22(16-21)25(27(35)36)23(26(32-24)18-3-2-4-19(15-18)28(29,30)31)17-33-9-7-20(8-10-33)34-11-13-39-14-12-34;1-2/h2-6,15-16,20H,7-14,17H2,1H3,(H,35,36);2H,1H3. The van der Waals surface area contributed by atoms with Gasteiger partial charge in [0.1, 0.15) is 0 Å². The predicted octanol–water partition coefficient (Wildman–Crippen LogP) is 3.93. The molecule has 0 saturated carbocycles. The fourth-order valence-electron chi connectivity index (χ4n) is 5.60. The average molecular weight is 610 g/mol. The van der Waals surface area contributed by atoms with Crippen molar-refractivity contribution in [1.82, 2.24) is 14.8 Å². The van der Waals surface area contributed by atoms with E-state index in [1.807, 2.05) is 0 Å². The van der Waals surface area contributed by atoms with Crippen molar-refractivity contribution in [3.8, 4) is 11.3 Å². The Hall–Kier alpha value is -3.10. The first-order valence-corrected chi connectivity index (χ1v) is 15.4. The van der Waals surface area contributed by atoms with E-state index >= 15 is 0 Å². The van der Waals surface area contributed by atoms with E-state index in [2.05, 4.69) is 14.8 Å². The van der Waals surface area contributed by atoms with Crippen LogP contribution < -0.4 is 0 Å². The number of alkyl halides is 3. The number of aromatic nitrogens is 1. The molecule has 13 heteroatoms. The zero-order chi connectivity index (χ0) is 30.7. The van der Waals surface area contributed by atoms with Crippen LogP contribution in [0.25, 0.3) is 22.2 Å². The fraction of sp³-hybridized carbons (Fsp3) is 0.448. The highest BCUT2D eigenvalue weighted by Crippen LogP contribution is 2.36. The van der Waals surface area contributed by atoms with Gasteiger partial charge in [-0.1, -0.05) is 12.1 Å². The molecule has 0 unspecified atom stereocenters. The van der Waals surface area contributed by atoms with E-state index in [4.69, 9.17) is 9.84 Å². The van der Waals surface area contributed by atoms with Gasteiger partial charge in [-0.05, 0) is 56.3 Å². The van der Waals surface area contributed by atoms with E-state index in [1.54, 1.807) is 0 Å². The van der Waals surface area contributed by atoms with Crippen LogP contribution in [-0.2, 0) is 27.3 Å². The maximum atomic E-state index is 13.6. The molecule has 0 aliphatic carbocycles. The van der Waals surface area contributed by atoms with Crippen molar-refractivity contribution in [2.45, 2.75) is 36.5 Å². The summed E-state index contributed by atoms with van der Waals surface area (Å²) in [6.45, 7) is 4.61. The number of hydrogen-bond acceptors (Lipinski definition) is 8. The van der Waals surface area contributed by atoms with Gasteiger partial charge in [-0.25, -0.2) is 18.2 Å². The number of hydrogen-bond donors (Lipinski definition) is 2. The Balaban J connectivity index is 0.00000198. The number of sulfone groups is 1. The third kappa shape index (κ3) is 7.09. The molecule has 2 saturated heterocycles. The van der Waals surface area contributed by atoms with Crippen LogP contribution in [0.15, 0.2) is 47.4 Å². The molecule has 0 atom stereocenters. The Morgan fingerprint density at radius 1 is 1.05 bits per heavy atom. The first-order valence-electron chi connectivity index (χ1n) is 13.5. The number of piperidine rings is 1. The molecule has 3 heterocycles. The zero-order valence-corrected chi connectivity index (χ0v) is 24.2. The summed E-state index contributed by atoms with van der Waals surface area (Å²) in [7, 11) is -2.65. The summed E-state index contributed by atoms with van der Waals surface area (Å²) in [6, 6.07) is 9.06. The van der Waals surface area contributed by atoms with Crippen LogP contribution in [-0.4, -0.2) is 98.2 Å². The number of carbonyl (C=O) groups is 1. The van der Waals surface area contributed by atoms with Crippen molar-refractivity contribution in [2.24, 2.45) is 0 Å². The van der Waals surface area contributed by atoms with Crippen LogP contribution in [0.4, 0.5) is 13.2 Å². The third-order valence-electron chi connectivity index (χ3n) is 7.66. The quantitative estimate of drug-likeness (QED) is 0.429. The summed E-state index contributed by atoms with van der Waals surface area (Å²) >= 11 is 0. The Bertz CT molecular complexity index is 1530. The fourth-order valence-corrected chi connectivity index (χ4v) is 6.25. The molecule has 5 rings (SSSR count).